The Morgan fingerprint density at radius 3 is 2.72 bits per heavy atom. The lowest BCUT2D eigenvalue weighted by atomic mass is 9.90. The lowest BCUT2D eigenvalue weighted by Crippen LogP contribution is -2.16. The molecule has 4 heteroatoms. The van der Waals surface area contributed by atoms with Crippen LogP contribution in [0, 0.1) is 5.92 Å². The molecule has 1 heterocycles. The van der Waals surface area contributed by atoms with Crippen molar-refractivity contribution < 1.29 is 5.11 Å². The first-order valence-corrected chi connectivity index (χ1v) is 9.36. The number of aliphatic hydroxyl groups is 1. The quantitative estimate of drug-likeness (QED) is 0.657. The third kappa shape index (κ3) is 3.44. The number of aliphatic hydroxyl groups excluding tert-OH is 1. The second-order valence-corrected chi connectivity index (χ2v) is 7.58. The topological polar surface area (TPSA) is 38.0 Å². The van der Waals surface area contributed by atoms with Crippen molar-refractivity contribution in [1.29, 1.82) is 0 Å². The summed E-state index contributed by atoms with van der Waals surface area (Å²) in [5.41, 5.74) is 2.95. The summed E-state index contributed by atoms with van der Waals surface area (Å²) in [7, 11) is 2.04. The van der Waals surface area contributed by atoms with Crippen molar-refractivity contribution in [1.82, 2.24) is 9.55 Å². The van der Waals surface area contributed by atoms with Crippen LogP contribution in [0.5, 0.6) is 0 Å². The highest BCUT2D eigenvalue weighted by Gasteiger charge is 2.30. The Bertz CT molecular complexity index is 884. The summed E-state index contributed by atoms with van der Waals surface area (Å²) in [4.78, 5) is 4.85. The molecule has 1 fully saturated rings. The second-order valence-electron chi connectivity index (χ2n) is 7.14. The summed E-state index contributed by atoms with van der Waals surface area (Å²) >= 11 is 6.14. The van der Waals surface area contributed by atoms with Gasteiger partial charge in [-0.1, -0.05) is 48.7 Å². The summed E-state index contributed by atoms with van der Waals surface area (Å²) in [6.07, 6.45) is 4.12. The fraction of sp³-hybridized carbons (Fsp3) is 0.381. The number of aromatic nitrogens is 2. The van der Waals surface area contributed by atoms with Gasteiger partial charge in [-0.05, 0) is 48.6 Å². The molecule has 1 aliphatic carbocycles. The molecule has 0 spiro atoms. The molecule has 0 saturated heterocycles. The SMILES string of the molecule is Cn1c([C@H](CCC2CC2)[C@@H](O)c2cccc(Cl)c2)nc2ccccc21. The average Bonchev–Trinajstić information content (AvgIpc) is 3.39. The predicted molar refractivity (Wildman–Crippen MR) is 102 cm³/mol. The van der Waals surface area contributed by atoms with E-state index in [2.05, 4.69) is 10.6 Å². The third-order valence-electron chi connectivity index (χ3n) is 5.31. The predicted octanol–water partition coefficient (Wildman–Crippen LogP) is 5.23. The average molecular weight is 355 g/mol. The molecule has 1 aliphatic rings. The molecule has 3 aromatic rings. The van der Waals surface area contributed by atoms with Gasteiger partial charge in [0.05, 0.1) is 17.1 Å². The van der Waals surface area contributed by atoms with Gasteiger partial charge in [0.15, 0.2) is 0 Å². The Morgan fingerprint density at radius 2 is 2.00 bits per heavy atom. The van der Waals surface area contributed by atoms with Gasteiger partial charge in [0.25, 0.3) is 0 Å². The van der Waals surface area contributed by atoms with Crippen LogP contribution in [0.1, 0.15) is 49.1 Å². The molecular weight excluding hydrogens is 332 g/mol. The minimum atomic E-state index is -0.604. The number of fused-ring (bicyclic) bond motifs is 1. The number of halogens is 1. The summed E-state index contributed by atoms with van der Waals surface area (Å²) in [5, 5.41) is 11.8. The lowest BCUT2D eigenvalue weighted by molar-refractivity contribution is 0.133. The van der Waals surface area contributed by atoms with E-state index in [0.717, 1.165) is 41.2 Å². The number of hydrogen-bond donors (Lipinski definition) is 1. The zero-order valence-corrected chi connectivity index (χ0v) is 15.2. The number of rotatable bonds is 6. The van der Waals surface area contributed by atoms with Gasteiger partial charge in [0.2, 0.25) is 0 Å². The molecule has 1 N–H and O–H groups in total. The van der Waals surface area contributed by atoms with E-state index in [4.69, 9.17) is 16.6 Å². The Labute approximate surface area is 153 Å². The Kier molecular flexibility index (Phi) is 4.53. The maximum atomic E-state index is 11.1. The first-order chi connectivity index (χ1) is 12.1. The van der Waals surface area contributed by atoms with Crippen LogP contribution in [0.4, 0.5) is 0 Å². The van der Waals surface area contributed by atoms with Crippen LogP contribution in [0.2, 0.25) is 5.02 Å². The Hall–Kier alpha value is -1.84. The van der Waals surface area contributed by atoms with Crippen molar-refractivity contribution in [3.8, 4) is 0 Å². The first kappa shape index (κ1) is 16.6. The minimum Gasteiger partial charge on any atom is -0.388 e. The smallest absolute Gasteiger partial charge is 0.115 e. The molecule has 130 valence electrons. The van der Waals surface area contributed by atoms with Crippen LogP contribution < -0.4 is 0 Å². The number of nitrogens with zero attached hydrogens (tertiary/aromatic N) is 2. The van der Waals surface area contributed by atoms with Crippen LogP contribution in [-0.4, -0.2) is 14.7 Å². The van der Waals surface area contributed by atoms with Gasteiger partial charge in [0.1, 0.15) is 5.82 Å². The van der Waals surface area contributed by atoms with Crippen molar-refractivity contribution in [2.75, 3.05) is 0 Å². The first-order valence-electron chi connectivity index (χ1n) is 8.98. The zero-order valence-electron chi connectivity index (χ0n) is 14.4. The number of para-hydroxylation sites is 2. The van der Waals surface area contributed by atoms with Gasteiger partial charge < -0.3 is 9.67 Å². The Balaban J connectivity index is 1.72. The van der Waals surface area contributed by atoms with E-state index in [1.54, 1.807) is 0 Å². The van der Waals surface area contributed by atoms with Crippen LogP contribution >= 0.6 is 11.6 Å². The van der Waals surface area contributed by atoms with Gasteiger partial charge in [-0.25, -0.2) is 4.98 Å². The maximum Gasteiger partial charge on any atom is 0.115 e. The van der Waals surface area contributed by atoms with Crippen molar-refractivity contribution in [2.45, 2.75) is 37.7 Å². The van der Waals surface area contributed by atoms with Crippen LogP contribution in [0.25, 0.3) is 11.0 Å². The highest BCUT2D eigenvalue weighted by Crippen LogP contribution is 2.41. The minimum absolute atomic E-state index is 0.0310. The standard InChI is InChI=1S/C21H23ClN2O/c1-24-19-8-3-2-7-18(19)23-21(24)17(12-11-14-9-10-14)20(25)15-5-4-6-16(22)13-15/h2-8,13-14,17,20,25H,9-12H2,1H3/t17-,20+/m1/s1. The van der Waals surface area contributed by atoms with E-state index in [9.17, 15) is 5.11 Å². The lowest BCUT2D eigenvalue weighted by Gasteiger charge is -2.23. The molecule has 4 rings (SSSR count). The molecule has 0 unspecified atom stereocenters. The van der Waals surface area contributed by atoms with E-state index in [1.807, 2.05) is 49.5 Å². The van der Waals surface area contributed by atoms with Gasteiger partial charge in [-0.3, -0.25) is 0 Å². The van der Waals surface area contributed by atoms with Gasteiger partial charge in [-0.2, -0.15) is 0 Å². The van der Waals surface area contributed by atoms with Gasteiger partial charge in [-0.15, -0.1) is 0 Å². The van der Waals surface area contributed by atoms with Gasteiger partial charge in [0, 0.05) is 18.0 Å². The molecule has 0 amide bonds. The van der Waals surface area contributed by atoms with Gasteiger partial charge >= 0.3 is 0 Å². The second kappa shape index (κ2) is 6.81. The molecule has 3 nitrogen and oxygen atoms in total. The fourth-order valence-electron chi connectivity index (χ4n) is 3.67. The summed E-state index contributed by atoms with van der Waals surface area (Å²) in [6.45, 7) is 0. The fourth-order valence-corrected chi connectivity index (χ4v) is 3.87. The molecule has 2 aromatic carbocycles. The molecule has 0 bridgehead atoms. The molecule has 2 atom stereocenters. The summed E-state index contributed by atoms with van der Waals surface area (Å²) < 4.78 is 2.13. The summed E-state index contributed by atoms with van der Waals surface area (Å²) in [6, 6.07) is 15.7. The highest BCUT2D eigenvalue weighted by atomic mass is 35.5. The molecule has 0 aliphatic heterocycles. The van der Waals surface area contributed by atoms with E-state index in [1.165, 1.54) is 12.8 Å². The monoisotopic (exact) mass is 354 g/mol. The third-order valence-corrected chi connectivity index (χ3v) is 5.54. The normalized spacial score (nSPS) is 16.9. The van der Waals surface area contributed by atoms with E-state index in [-0.39, 0.29) is 5.92 Å². The number of hydrogen-bond acceptors (Lipinski definition) is 2. The van der Waals surface area contributed by atoms with Crippen LogP contribution in [0.3, 0.4) is 0 Å². The molecule has 1 aromatic heterocycles. The van der Waals surface area contributed by atoms with Crippen LogP contribution in [0.15, 0.2) is 48.5 Å². The van der Waals surface area contributed by atoms with Crippen molar-refractivity contribution in [3.05, 3.63) is 64.9 Å². The molecule has 25 heavy (non-hydrogen) atoms. The number of imidazole rings is 1. The zero-order chi connectivity index (χ0) is 17.4. The molecule has 1 saturated carbocycles. The number of aryl methyl sites for hydroxylation is 1. The van der Waals surface area contributed by atoms with Crippen molar-refractivity contribution >= 4 is 22.6 Å². The highest BCUT2D eigenvalue weighted by molar-refractivity contribution is 6.30. The van der Waals surface area contributed by atoms with E-state index >= 15 is 0 Å². The van der Waals surface area contributed by atoms with E-state index < -0.39 is 6.10 Å². The summed E-state index contributed by atoms with van der Waals surface area (Å²) in [5.74, 6) is 1.74. The molecule has 0 radical (unpaired) electrons. The van der Waals surface area contributed by atoms with Crippen molar-refractivity contribution in [3.63, 3.8) is 0 Å². The maximum absolute atomic E-state index is 11.1. The Morgan fingerprint density at radius 1 is 1.20 bits per heavy atom. The van der Waals surface area contributed by atoms with E-state index in [0.29, 0.717) is 5.02 Å². The molecular formula is C21H23ClN2O. The number of benzene rings is 2. The largest absolute Gasteiger partial charge is 0.388 e. The van der Waals surface area contributed by atoms with Crippen LogP contribution in [-0.2, 0) is 7.05 Å². The van der Waals surface area contributed by atoms with Crippen molar-refractivity contribution in [2.24, 2.45) is 13.0 Å².